The number of benzene rings is 1. The average molecular weight is 343 g/mol. The highest BCUT2D eigenvalue weighted by Crippen LogP contribution is 2.29. The molecule has 0 aliphatic carbocycles. The first-order valence-electron chi connectivity index (χ1n) is 5.97. The predicted octanol–water partition coefficient (Wildman–Crippen LogP) is 3.80. The van der Waals surface area contributed by atoms with E-state index in [2.05, 4.69) is 20.9 Å². The minimum Gasteiger partial charge on any atom is -0.452 e. The van der Waals surface area contributed by atoms with Gasteiger partial charge in [-0.3, -0.25) is 4.98 Å². The van der Waals surface area contributed by atoms with Crippen LogP contribution in [0.2, 0.25) is 0 Å². The summed E-state index contributed by atoms with van der Waals surface area (Å²) in [6.07, 6.45) is 3.72. The molecule has 0 saturated carbocycles. The second-order valence-corrected chi connectivity index (χ2v) is 5.43. The van der Waals surface area contributed by atoms with Crippen molar-refractivity contribution in [3.8, 4) is 11.5 Å². The quantitative estimate of drug-likeness (QED) is 0.859. The summed E-state index contributed by atoms with van der Waals surface area (Å²) >= 11 is 3.09. The van der Waals surface area contributed by atoms with Gasteiger partial charge in [0, 0.05) is 16.7 Å². The lowest BCUT2D eigenvalue weighted by molar-refractivity contribution is 0.414. The number of hydrogen-bond acceptors (Lipinski definition) is 3. The molecule has 3 nitrogen and oxygen atoms in total. The molecule has 2 N–H and O–H groups in total. The van der Waals surface area contributed by atoms with Gasteiger partial charge in [0.05, 0.1) is 6.20 Å². The molecule has 0 aliphatic rings. The normalized spacial score (nSPS) is 12.2. The molecule has 106 valence electrons. The van der Waals surface area contributed by atoms with E-state index in [0.717, 1.165) is 11.6 Å². The van der Waals surface area contributed by atoms with Crippen molar-refractivity contribution in [2.45, 2.75) is 19.4 Å². The Labute approximate surface area is 123 Å². The molecule has 2 rings (SSSR count). The van der Waals surface area contributed by atoms with Gasteiger partial charge in [0.25, 0.3) is 0 Å². The number of hydrogen-bond donors (Lipinski definition) is 1. The maximum absolute atomic E-state index is 13.6. The van der Waals surface area contributed by atoms with E-state index in [1.54, 1.807) is 12.3 Å². The van der Waals surface area contributed by atoms with E-state index in [9.17, 15) is 8.78 Å². The number of ether oxygens (including phenoxy) is 1. The molecule has 0 spiro atoms. The van der Waals surface area contributed by atoms with Crippen LogP contribution in [0.15, 0.2) is 35.1 Å². The fourth-order valence-corrected chi connectivity index (χ4v) is 2.15. The first-order valence-corrected chi connectivity index (χ1v) is 6.77. The number of pyridine rings is 1. The van der Waals surface area contributed by atoms with E-state index in [1.807, 2.05) is 6.92 Å². The summed E-state index contributed by atoms with van der Waals surface area (Å²) in [5, 5.41) is 0. The van der Waals surface area contributed by atoms with Crippen LogP contribution in [0.5, 0.6) is 11.5 Å². The molecule has 1 aromatic heterocycles. The van der Waals surface area contributed by atoms with Crippen LogP contribution in [-0.4, -0.2) is 11.0 Å². The standard InChI is InChI=1S/C14H13BrF2N2O/c1-8(18)2-9-3-11(7-19-6-9)20-13-5-10(15)4-12(16)14(13)17/h3-8H,2,18H2,1H3. The Hall–Kier alpha value is -1.53. The fourth-order valence-electron chi connectivity index (χ4n) is 1.74. The van der Waals surface area contributed by atoms with Crippen LogP contribution in [0.1, 0.15) is 12.5 Å². The van der Waals surface area contributed by atoms with Crippen LogP contribution in [0, 0.1) is 11.6 Å². The maximum atomic E-state index is 13.6. The monoisotopic (exact) mass is 342 g/mol. The van der Waals surface area contributed by atoms with Crippen LogP contribution < -0.4 is 10.5 Å². The number of nitrogens with two attached hydrogens (primary N) is 1. The smallest absolute Gasteiger partial charge is 0.201 e. The number of nitrogens with zero attached hydrogens (tertiary/aromatic N) is 1. The van der Waals surface area contributed by atoms with E-state index < -0.39 is 11.6 Å². The van der Waals surface area contributed by atoms with Crippen molar-refractivity contribution in [1.29, 1.82) is 0 Å². The second kappa shape index (κ2) is 6.28. The summed E-state index contributed by atoms with van der Waals surface area (Å²) in [6.45, 7) is 1.87. The highest BCUT2D eigenvalue weighted by atomic mass is 79.9. The van der Waals surface area contributed by atoms with Crippen molar-refractivity contribution in [3.63, 3.8) is 0 Å². The Morgan fingerprint density at radius 2 is 2.05 bits per heavy atom. The molecule has 0 saturated heterocycles. The Kier molecular flexibility index (Phi) is 4.67. The Balaban J connectivity index is 2.26. The predicted molar refractivity (Wildman–Crippen MR) is 75.7 cm³/mol. The molecule has 1 unspecified atom stereocenters. The van der Waals surface area contributed by atoms with Gasteiger partial charge in [-0.1, -0.05) is 15.9 Å². The summed E-state index contributed by atoms with van der Waals surface area (Å²) in [5.41, 5.74) is 6.58. The van der Waals surface area contributed by atoms with Crippen LogP contribution in [0.4, 0.5) is 8.78 Å². The van der Waals surface area contributed by atoms with E-state index >= 15 is 0 Å². The lowest BCUT2D eigenvalue weighted by Crippen LogP contribution is -2.17. The van der Waals surface area contributed by atoms with Crippen molar-refractivity contribution in [2.24, 2.45) is 5.73 Å². The van der Waals surface area contributed by atoms with E-state index in [0.29, 0.717) is 16.6 Å². The molecule has 0 radical (unpaired) electrons. The number of aromatic nitrogens is 1. The Morgan fingerprint density at radius 1 is 1.30 bits per heavy atom. The molecule has 0 amide bonds. The van der Waals surface area contributed by atoms with Crippen molar-refractivity contribution in [1.82, 2.24) is 4.98 Å². The molecule has 0 fully saturated rings. The van der Waals surface area contributed by atoms with Crippen LogP contribution in [0.3, 0.4) is 0 Å². The molecule has 20 heavy (non-hydrogen) atoms. The average Bonchev–Trinajstić information content (AvgIpc) is 2.35. The first kappa shape index (κ1) is 14.9. The van der Waals surface area contributed by atoms with Gasteiger partial charge in [0.2, 0.25) is 5.82 Å². The fraction of sp³-hybridized carbons (Fsp3) is 0.214. The third-order valence-electron chi connectivity index (χ3n) is 2.51. The zero-order valence-electron chi connectivity index (χ0n) is 10.7. The lowest BCUT2D eigenvalue weighted by Gasteiger charge is -2.10. The van der Waals surface area contributed by atoms with Gasteiger partial charge in [0.15, 0.2) is 11.6 Å². The maximum Gasteiger partial charge on any atom is 0.201 e. The van der Waals surface area contributed by atoms with E-state index in [4.69, 9.17) is 10.5 Å². The zero-order chi connectivity index (χ0) is 14.7. The topological polar surface area (TPSA) is 48.1 Å². The van der Waals surface area contributed by atoms with Crippen molar-refractivity contribution in [3.05, 3.63) is 52.3 Å². The van der Waals surface area contributed by atoms with Gasteiger partial charge in [-0.2, -0.15) is 4.39 Å². The molecule has 1 atom stereocenters. The third kappa shape index (κ3) is 3.74. The number of rotatable bonds is 4. The summed E-state index contributed by atoms with van der Waals surface area (Å²) in [7, 11) is 0. The molecular weight excluding hydrogens is 330 g/mol. The van der Waals surface area contributed by atoms with Crippen LogP contribution >= 0.6 is 15.9 Å². The molecular formula is C14H13BrF2N2O. The highest BCUT2D eigenvalue weighted by molar-refractivity contribution is 9.10. The molecule has 1 aromatic carbocycles. The van der Waals surface area contributed by atoms with Crippen LogP contribution in [0.25, 0.3) is 0 Å². The Morgan fingerprint density at radius 3 is 2.75 bits per heavy atom. The largest absolute Gasteiger partial charge is 0.452 e. The Bertz CT molecular complexity index is 620. The number of halogens is 3. The summed E-state index contributed by atoms with van der Waals surface area (Å²) < 4.78 is 32.6. The zero-order valence-corrected chi connectivity index (χ0v) is 12.3. The minimum atomic E-state index is -1.04. The summed E-state index contributed by atoms with van der Waals surface area (Å²) in [5.74, 6) is -1.88. The highest BCUT2D eigenvalue weighted by Gasteiger charge is 2.12. The SMILES string of the molecule is CC(N)Cc1cncc(Oc2cc(Br)cc(F)c2F)c1. The van der Waals surface area contributed by atoms with Gasteiger partial charge in [-0.25, -0.2) is 4.39 Å². The lowest BCUT2D eigenvalue weighted by atomic mass is 10.1. The van der Waals surface area contributed by atoms with Crippen molar-refractivity contribution < 1.29 is 13.5 Å². The first-order chi connectivity index (χ1) is 9.45. The summed E-state index contributed by atoms with van der Waals surface area (Å²) in [4.78, 5) is 4.00. The van der Waals surface area contributed by atoms with E-state index in [-0.39, 0.29) is 11.8 Å². The van der Waals surface area contributed by atoms with Gasteiger partial charge >= 0.3 is 0 Å². The molecule has 0 aliphatic heterocycles. The second-order valence-electron chi connectivity index (χ2n) is 4.51. The molecule has 1 heterocycles. The molecule has 0 bridgehead atoms. The van der Waals surface area contributed by atoms with Crippen molar-refractivity contribution >= 4 is 15.9 Å². The van der Waals surface area contributed by atoms with E-state index in [1.165, 1.54) is 12.3 Å². The minimum absolute atomic E-state index is 0.0212. The van der Waals surface area contributed by atoms with Crippen LogP contribution in [-0.2, 0) is 6.42 Å². The van der Waals surface area contributed by atoms with Gasteiger partial charge in [0.1, 0.15) is 5.75 Å². The third-order valence-corrected chi connectivity index (χ3v) is 2.97. The van der Waals surface area contributed by atoms with Crippen molar-refractivity contribution in [2.75, 3.05) is 0 Å². The van der Waals surface area contributed by atoms with Gasteiger partial charge in [-0.05, 0) is 37.1 Å². The molecule has 6 heteroatoms. The van der Waals surface area contributed by atoms with Gasteiger partial charge < -0.3 is 10.5 Å². The van der Waals surface area contributed by atoms with Gasteiger partial charge in [-0.15, -0.1) is 0 Å². The molecule has 2 aromatic rings. The summed E-state index contributed by atoms with van der Waals surface area (Å²) in [6, 6.07) is 4.07.